The lowest BCUT2D eigenvalue weighted by molar-refractivity contribution is -0.146. The summed E-state index contributed by atoms with van der Waals surface area (Å²) >= 11 is 0. The average molecular weight is 453 g/mol. The highest BCUT2D eigenvalue weighted by atomic mass is 16.5. The first kappa shape index (κ1) is 24.8. The van der Waals surface area contributed by atoms with Crippen LogP contribution in [0.5, 0.6) is 5.75 Å². The van der Waals surface area contributed by atoms with E-state index in [4.69, 9.17) is 10.5 Å². The van der Waals surface area contributed by atoms with Crippen LogP contribution in [0, 0.1) is 5.41 Å². The maximum Gasteiger partial charge on any atom is 0.304 e. The van der Waals surface area contributed by atoms with Gasteiger partial charge in [0, 0.05) is 6.54 Å². The number of carboxylic acid groups (broad SMARTS) is 1. The maximum atomic E-state index is 13.2. The van der Waals surface area contributed by atoms with Gasteiger partial charge in [0.1, 0.15) is 12.4 Å². The Hall–Kier alpha value is -2.86. The summed E-state index contributed by atoms with van der Waals surface area (Å²) in [5, 5.41) is 9.36. The Morgan fingerprint density at radius 1 is 1.06 bits per heavy atom. The van der Waals surface area contributed by atoms with E-state index in [9.17, 15) is 14.7 Å². The summed E-state index contributed by atoms with van der Waals surface area (Å²) in [5.41, 5.74) is 7.16. The van der Waals surface area contributed by atoms with Gasteiger partial charge in [-0.1, -0.05) is 49.4 Å². The molecule has 0 spiro atoms. The van der Waals surface area contributed by atoms with Gasteiger partial charge in [-0.25, -0.2) is 0 Å². The Kier molecular flexibility index (Phi) is 8.89. The van der Waals surface area contributed by atoms with Crippen molar-refractivity contribution < 1.29 is 19.4 Å². The summed E-state index contributed by atoms with van der Waals surface area (Å²) in [6, 6.07) is 18.1. The molecule has 3 N–H and O–H groups in total. The third-order valence-electron chi connectivity index (χ3n) is 6.44. The zero-order valence-corrected chi connectivity index (χ0v) is 19.5. The molecule has 0 saturated carbocycles. The number of likely N-dealkylation sites (tertiary alicyclic amines) is 1. The number of benzene rings is 2. The Labute approximate surface area is 196 Å². The van der Waals surface area contributed by atoms with E-state index >= 15 is 0 Å². The number of hydrogen-bond acceptors (Lipinski definition) is 4. The molecule has 1 saturated heterocycles. The first-order chi connectivity index (χ1) is 15.9. The van der Waals surface area contributed by atoms with Gasteiger partial charge < -0.3 is 20.5 Å². The van der Waals surface area contributed by atoms with Crippen molar-refractivity contribution in [3.63, 3.8) is 0 Å². The zero-order valence-electron chi connectivity index (χ0n) is 19.5. The van der Waals surface area contributed by atoms with E-state index in [0.29, 0.717) is 26.1 Å². The molecule has 1 aliphatic heterocycles. The van der Waals surface area contributed by atoms with Crippen LogP contribution in [0.1, 0.15) is 50.2 Å². The highest BCUT2D eigenvalue weighted by molar-refractivity contribution is 5.88. The number of carbonyl (C=O) groups is 2. The van der Waals surface area contributed by atoms with E-state index in [0.717, 1.165) is 37.9 Å². The molecule has 0 bridgehead atoms. The van der Waals surface area contributed by atoms with Crippen molar-refractivity contribution in [2.24, 2.45) is 11.1 Å². The molecule has 6 nitrogen and oxygen atoms in total. The Morgan fingerprint density at radius 3 is 2.39 bits per heavy atom. The van der Waals surface area contributed by atoms with Crippen LogP contribution in [0.3, 0.4) is 0 Å². The standard InChI is InChI=1S/C27H36N2O4/c1-27(19-25(30)31)18-23(20-33-24-14-12-22(13-15-24)10-5-6-16-28)29(26(27)32)17-7-11-21-8-3-2-4-9-21/h2-4,8-9,12-15,23H,5-7,10-11,16-20,28H2,1H3,(H,30,31)/t23-,27-/m0/s1. The first-order valence-corrected chi connectivity index (χ1v) is 11.9. The van der Waals surface area contributed by atoms with Crippen molar-refractivity contribution in [1.82, 2.24) is 4.90 Å². The number of nitrogens with zero attached hydrogens (tertiary/aromatic N) is 1. The number of nitrogens with two attached hydrogens (primary N) is 1. The number of rotatable bonds is 13. The fourth-order valence-electron chi connectivity index (χ4n) is 4.66. The summed E-state index contributed by atoms with van der Waals surface area (Å²) in [5.74, 6) is -0.259. The van der Waals surface area contributed by atoms with E-state index in [1.54, 1.807) is 6.92 Å². The Bertz CT molecular complexity index is 900. The zero-order chi connectivity index (χ0) is 23.7. The number of aryl methyl sites for hydroxylation is 2. The van der Waals surface area contributed by atoms with Crippen LogP contribution in [0.15, 0.2) is 54.6 Å². The smallest absolute Gasteiger partial charge is 0.304 e. The second-order valence-corrected chi connectivity index (χ2v) is 9.28. The number of unbranched alkanes of at least 4 members (excludes halogenated alkanes) is 1. The summed E-state index contributed by atoms with van der Waals surface area (Å²) in [6.07, 6.45) is 5.11. The number of carbonyl (C=O) groups excluding carboxylic acids is 1. The number of ether oxygens (including phenoxy) is 1. The quantitative estimate of drug-likeness (QED) is 0.447. The predicted octanol–water partition coefficient (Wildman–Crippen LogP) is 4.06. The molecule has 2 aromatic rings. The average Bonchev–Trinajstić information content (AvgIpc) is 3.03. The van der Waals surface area contributed by atoms with Crippen molar-refractivity contribution in [1.29, 1.82) is 0 Å². The predicted molar refractivity (Wildman–Crippen MR) is 129 cm³/mol. The lowest BCUT2D eigenvalue weighted by atomic mass is 9.84. The first-order valence-electron chi connectivity index (χ1n) is 11.9. The minimum Gasteiger partial charge on any atom is -0.491 e. The Morgan fingerprint density at radius 2 is 1.73 bits per heavy atom. The number of aliphatic carboxylic acids is 1. The SMILES string of the molecule is C[C@@]1(CC(=O)O)C[C@@H](COc2ccc(CCCCN)cc2)N(CCCc2ccccc2)C1=O. The molecule has 178 valence electrons. The van der Waals surface area contributed by atoms with Gasteiger partial charge in [-0.3, -0.25) is 9.59 Å². The molecule has 0 unspecified atom stereocenters. The van der Waals surface area contributed by atoms with Gasteiger partial charge in [-0.2, -0.15) is 0 Å². The molecule has 3 rings (SSSR count). The van der Waals surface area contributed by atoms with Gasteiger partial charge in [0.25, 0.3) is 0 Å². The van der Waals surface area contributed by atoms with E-state index in [2.05, 4.69) is 24.3 Å². The molecular formula is C27H36N2O4. The molecule has 1 aliphatic rings. The van der Waals surface area contributed by atoms with Crippen LogP contribution in [-0.2, 0) is 22.4 Å². The molecule has 1 amide bonds. The molecule has 2 atom stereocenters. The van der Waals surface area contributed by atoms with E-state index in [1.807, 2.05) is 35.2 Å². The van der Waals surface area contributed by atoms with Gasteiger partial charge in [0.05, 0.1) is 17.9 Å². The van der Waals surface area contributed by atoms with Gasteiger partial charge in [0.15, 0.2) is 0 Å². The number of hydrogen-bond donors (Lipinski definition) is 2. The number of carboxylic acids is 1. The molecule has 0 aromatic heterocycles. The third kappa shape index (κ3) is 7.06. The molecule has 2 aromatic carbocycles. The number of amides is 1. The normalized spacial score (nSPS) is 20.2. The van der Waals surface area contributed by atoms with Crippen LogP contribution in [0.4, 0.5) is 0 Å². The summed E-state index contributed by atoms with van der Waals surface area (Å²) in [4.78, 5) is 26.5. The summed E-state index contributed by atoms with van der Waals surface area (Å²) in [7, 11) is 0. The second kappa shape index (κ2) is 11.8. The highest BCUT2D eigenvalue weighted by Gasteiger charge is 2.49. The fourth-order valence-corrected chi connectivity index (χ4v) is 4.66. The summed E-state index contributed by atoms with van der Waals surface area (Å²) in [6.45, 7) is 3.43. The van der Waals surface area contributed by atoms with E-state index < -0.39 is 11.4 Å². The minimum absolute atomic E-state index is 0.0817. The van der Waals surface area contributed by atoms with Crippen LogP contribution in [0.2, 0.25) is 0 Å². The molecule has 33 heavy (non-hydrogen) atoms. The van der Waals surface area contributed by atoms with Crippen molar-refractivity contribution in [2.75, 3.05) is 19.7 Å². The molecular weight excluding hydrogens is 416 g/mol. The van der Waals surface area contributed by atoms with E-state index in [1.165, 1.54) is 11.1 Å². The van der Waals surface area contributed by atoms with Crippen molar-refractivity contribution in [2.45, 2.75) is 57.9 Å². The highest BCUT2D eigenvalue weighted by Crippen LogP contribution is 2.39. The molecule has 0 radical (unpaired) electrons. The van der Waals surface area contributed by atoms with Crippen LogP contribution < -0.4 is 10.5 Å². The van der Waals surface area contributed by atoms with Gasteiger partial charge in [0.2, 0.25) is 5.91 Å². The second-order valence-electron chi connectivity index (χ2n) is 9.28. The maximum absolute atomic E-state index is 13.2. The lowest BCUT2D eigenvalue weighted by Crippen LogP contribution is -2.39. The fraction of sp³-hybridized carbons (Fsp3) is 0.481. The topological polar surface area (TPSA) is 92.9 Å². The van der Waals surface area contributed by atoms with Gasteiger partial charge >= 0.3 is 5.97 Å². The van der Waals surface area contributed by atoms with Crippen LogP contribution in [0.25, 0.3) is 0 Å². The van der Waals surface area contributed by atoms with Crippen LogP contribution >= 0.6 is 0 Å². The van der Waals surface area contributed by atoms with Gasteiger partial charge in [-0.05, 0) is 68.3 Å². The summed E-state index contributed by atoms with van der Waals surface area (Å²) < 4.78 is 6.05. The molecule has 6 heteroatoms. The van der Waals surface area contributed by atoms with Gasteiger partial charge in [-0.15, -0.1) is 0 Å². The lowest BCUT2D eigenvalue weighted by Gasteiger charge is -2.25. The third-order valence-corrected chi connectivity index (χ3v) is 6.44. The van der Waals surface area contributed by atoms with Crippen LogP contribution in [-0.4, -0.2) is 47.6 Å². The van der Waals surface area contributed by atoms with Crippen molar-refractivity contribution in [3.05, 3.63) is 65.7 Å². The minimum atomic E-state index is -0.943. The van der Waals surface area contributed by atoms with Crippen molar-refractivity contribution >= 4 is 11.9 Å². The monoisotopic (exact) mass is 452 g/mol. The molecule has 1 fully saturated rings. The molecule has 0 aliphatic carbocycles. The molecule has 1 heterocycles. The van der Waals surface area contributed by atoms with E-state index in [-0.39, 0.29) is 18.4 Å². The Balaban J connectivity index is 1.61. The largest absolute Gasteiger partial charge is 0.491 e. The van der Waals surface area contributed by atoms with Crippen molar-refractivity contribution in [3.8, 4) is 5.75 Å².